The zero-order chi connectivity index (χ0) is 11.5. The summed E-state index contributed by atoms with van der Waals surface area (Å²) in [5.74, 6) is 0.144. The van der Waals surface area contributed by atoms with Crippen LogP contribution in [0.4, 0.5) is 0 Å². The summed E-state index contributed by atoms with van der Waals surface area (Å²) < 4.78 is 24.4. The van der Waals surface area contributed by atoms with E-state index in [1.54, 1.807) is 0 Å². The van der Waals surface area contributed by atoms with E-state index in [1.165, 1.54) is 0 Å². The van der Waals surface area contributed by atoms with Gasteiger partial charge < -0.3 is 0 Å². The van der Waals surface area contributed by atoms with Crippen LogP contribution in [0.2, 0.25) is 0 Å². The molecule has 1 atom stereocenters. The molecule has 0 aromatic heterocycles. The highest BCUT2D eigenvalue weighted by Crippen LogP contribution is 2.21. The molecule has 5 heteroatoms. The monoisotopic (exact) mass is 228 g/mol. The quantitative estimate of drug-likeness (QED) is 0.812. The zero-order valence-corrected chi connectivity index (χ0v) is 9.66. The fraction of sp³-hybridized carbons (Fsp3) is 0.400. The van der Waals surface area contributed by atoms with Gasteiger partial charge in [-0.15, -0.1) is 0 Å². The lowest BCUT2D eigenvalue weighted by molar-refractivity contribution is 0.463. The first kappa shape index (κ1) is 12.2. The number of hydrogen-bond donors (Lipinski definition) is 2. The van der Waals surface area contributed by atoms with Gasteiger partial charge in [-0.05, 0) is 11.5 Å². The summed E-state index contributed by atoms with van der Waals surface area (Å²) in [5, 5.41) is 4.97. The first-order chi connectivity index (χ1) is 6.90. The lowest BCUT2D eigenvalue weighted by atomic mass is 9.97. The normalized spacial score (nSPS) is 14.1. The Labute approximate surface area is 90.7 Å². The molecule has 1 aromatic rings. The van der Waals surface area contributed by atoms with Crippen LogP contribution in [0.3, 0.4) is 0 Å². The van der Waals surface area contributed by atoms with Gasteiger partial charge in [0.15, 0.2) is 0 Å². The third-order valence-corrected chi connectivity index (χ3v) is 2.70. The van der Waals surface area contributed by atoms with E-state index in [0.29, 0.717) is 0 Å². The Bertz CT molecular complexity index is 401. The van der Waals surface area contributed by atoms with Crippen molar-refractivity contribution in [3.63, 3.8) is 0 Å². The molecular formula is C10H16N2O2S. The Morgan fingerprint density at radius 1 is 1.20 bits per heavy atom. The standard InChI is InChI=1S/C10H16N2O2S/c1-8(2)10(12-15(11,13)14)9-6-4-3-5-7-9/h3-8,10,12H,1-2H3,(H2,11,13,14). The molecule has 0 radical (unpaired) electrons. The molecule has 0 heterocycles. The summed E-state index contributed by atoms with van der Waals surface area (Å²) >= 11 is 0. The van der Waals surface area contributed by atoms with E-state index >= 15 is 0 Å². The third kappa shape index (κ3) is 3.99. The van der Waals surface area contributed by atoms with Gasteiger partial charge in [0.05, 0.1) is 6.04 Å². The van der Waals surface area contributed by atoms with Crippen LogP contribution in [-0.4, -0.2) is 8.42 Å². The van der Waals surface area contributed by atoms with Crippen molar-refractivity contribution in [2.24, 2.45) is 11.1 Å². The maximum Gasteiger partial charge on any atom is 0.274 e. The summed E-state index contributed by atoms with van der Waals surface area (Å²) in [4.78, 5) is 0. The van der Waals surface area contributed by atoms with E-state index in [-0.39, 0.29) is 12.0 Å². The van der Waals surface area contributed by atoms with Crippen LogP contribution in [0.5, 0.6) is 0 Å². The van der Waals surface area contributed by atoms with Gasteiger partial charge in [-0.25, -0.2) is 5.14 Å². The van der Waals surface area contributed by atoms with E-state index in [4.69, 9.17) is 5.14 Å². The lowest BCUT2D eigenvalue weighted by Gasteiger charge is -2.21. The van der Waals surface area contributed by atoms with Crippen molar-refractivity contribution in [3.8, 4) is 0 Å². The highest BCUT2D eigenvalue weighted by Gasteiger charge is 2.19. The van der Waals surface area contributed by atoms with E-state index in [2.05, 4.69) is 4.72 Å². The predicted octanol–water partition coefficient (Wildman–Crippen LogP) is 1.18. The third-order valence-electron chi connectivity index (χ3n) is 2.12. The van der Waals surface area contributed by atoms with Gasteiger partial charge in [0, 0.05) is 0 Å². The van der Waals surface area contributed by atoms with Gasteiger partial charge in [-0.2, -0.15) is 13.1 Å². The zero-order valence-electron chi connectivity index (χ0n) is 8.84. The molecule has 0 bridgehead atoms. The van der Waals surface area contributed by atoms with E-state index < -0.39 is 10.2 Å². The Balaban J connectivity index is 2.95. The molecule has 0 fully saturated rings. The molecule has 1 aromatic carbocycles. The second kappa shape index (κ2) is 4.74. The maximum absolute atomic E-state index is 11.0. The predicted molar refractivity (Wildman–Crippen MR) is 60.3 cm³/mol. The Morgan fingerprint density at radius 3 is 2.13 bits per heavy atom. The van der Waals surface area contributed by atoms with Crippen LogP contribution in [0.15, 0.2) is 30.3 Å². The topological polar surface area (TPSA) is 72.2 Å². The Kier molecular flexibility index (Phi) is 3.84. The number of rotatable bonds is 4. The molecule has 0 saturated carbocycles. The van der Waals surface area contributed by atoms with E-state index in [1.807, 2.05) is 44.2 Å². The van der Waals surface area contributed by atoms with Gasteiger partial charge in [0.2, 0.25) is 0 Å². The SMILES string of the molecule is CC(C)C(NS(N)(=O)=O)c1ccccc1. The summed E-state index contributed by atoms with van der Waals surface area (Å²) in [5.41, 5.74) is 0.918. The van der Waals surface area contributed by atoms with Crippen molar-refractivity contribution in [1.29, 1.82) is 0 Å². The molecule has 0 aliphatic heterocycles. The van der Waals surface area contributed by atoms with Gasteiger partial charge in [-0.1, -0.05) is 44.2 Å². The van der Waals surface area contributed by atoms with Crippen LogP contribution >= 0.6 is 0 Å². The van der Waals surface area contributed by atoms with Crippen molar-refractivity contribution >= 4 is 10.2 Å². The number of hydrogen-bond acceptors (Lipinski definition) is 2. The average Bonchev–Trinajstić information content (AvgIpc) is 2.14. The number of benzene rings is 1. The Hall–Kier alpha value is -0.910. The highest BCUT2D eigenvalue weighted by atomic mass is 32.2. The first-order valence-corrected chi connectivity index (χ1v) is 6.30. The molecule has 3 N–H and O–H groups in total. The molecule has 15 heavy (non-hydrogen) atoms. The summed E-state index contributed by atoms with van der Waals surface area (Å²) in [6, 6.07) is 9.11. The molecule has 4 nitrogen and oxygen atoms in total. The molecule has 1 rings (SSSR count). The Morgan fingerprint density at radius 2 is 1.73 bits per heavy atom. The molecule has 84 valence electrons. The molecule has 0 amide bonds. The van der Waals surface area contributed by atoms with E-state index in [0.717, 1.165) is 5.56 Å². The molecule has 0 saturated heterocycles. The fourth-order valence-electron chi connectivity index (χ4n) is 1.43. The molecule has 0 aliphatic rings. The minimum atomic E-state index is -3.67. The van der Waals surface area contributed by atoms with Crippen molar-refractivity contribution in [3.05, 3.63) is 35.9 Å². The molecule has 1 unspecified atom stereocenters. The second-order valence-corrected chi connectivity index (χ2v) is 5.12. The van der Waals surface area contributed by atoms with Gasteiger partial charge in [-0.3, -0.25) is 0 Å². The summed E-state index contributed by atoms with van der Waals surface area (Å²) in [6.45, 7) is 3.88. The van der Waals surface area contributed by atoms with Crippen molar-refractivity contribution < 1.29 is 8.42 Å². The second-order valence-electron chi connectivity index (χ2n) is 3.80. The van der Waals surface area contributed by atoms with Crippen LogP contribution in [0.25, 0.3) is 0 Å². The molecular weight excluding hydrogens is 212 g/mol. The largest absolute Gasteiger partial charge is 0.274 e. The van der Waals surface area contributed by atoms with Crippen molar-refractivity contribution in [1.82, 2.24) is 4.72 Å². The van der Waals surface area contributed by atoms with Crippen LogP contribution in [-0.2, 0) is 10.2 Å². The van der Waals surface area contributed by atoms with Crippen molar-refractivity contribution in [2.75, 3.05) is 0 Å². The van der Waals surface area contributed by atoms with Gasteiger partial charge in [0.1, 0.15) is 0 Å². The smallest absolute Gasteiger partial charge is 0.216 e. The fourth-order valence-corrected chi connectivity index (χ4v) is 2.19. The minimum Gasteiger partial charge on any atom is -0.216 e. The van der Waals surface area contributed by atoms with Crippen LogP contribution < -0.4 is 9.86 Å². The van der Waals surface area contributed by atoms with Gasteiger partial charge in [0.25, 0.3) is 10.2 Å². The highest BCUT2D eigenvalue weighted by molar-refractivity contribution is 7.87. The molecule has 0 aliphatic carbocycles. The minimum absolute atomic E-state index is 0.144. The number of nitrogens with one attached hydrogen (secondary N) is 1. The molecule has 0 spiro atoms. The first-order valence-electron chi connectivity index (χ1n) is 4.75. The average molecular weight is 228 g/mol. The van der Waals surface area contributed by atoms with Gasteiger partial charge >= 0.3 is 0 Å². The lowest BCUT2D eigenvalue weighted by Crippen LogP contribution is -2.36. The summed E-state index contributed by atoms with van der Waals surface area (Å²) in [7, 11) is -3.67. The van der Waals surface area contributed by atoms with E-state index in [9.17, 15) is 8.42 Å². The van der Waals surface area contributed by atoms with Crippen LogP contribution in [0, 0.1) is 5.92 Å². The number of nitrogens with two attached hydrogens (primary N) is 1. The maximum atomic E-state index is 11.0. The van der Waals surface area contributed by atoms with Crippen LogP contribution in [0.1, 0.15) is 25.5 Å². The summed E-state index contributed by atoms with van der Waals surface area (Å²) in [6.07, 6.45) is 0. The van der Waals surface area contributed by atoms with Crippen molar-refractivity contribution in [2.45, 2.75) is 19.9 Å².